The Balaban J connectivity index is 2.53. The number of nitrogen functional groups attached to an aromatic ring is 1. The average molecular weight is 189 g/mol. The maximum absolute atomic E-state index is 5.59. The third kappa shape index (κ3) is 1.32. The number of hydrogen-bond donors (Lipinski definition) is 1. The fraction of sp³-hybridized carbons (Fsp3) is 0.222. The standard InChI is InChI=1S/C9H11N5/c1-6-3-4-8(5-7(6)2)14-9(10)11-12-13-14/h3-5H,1-2H3,(H2,10,11,13). The van der Waals surface area contributed by atoms with Gasteiger partial charge in [-0.25, -0.2) is 0 Å². The van der Waals surface area contributed by atoms with E-state index in [1.807, 2.05) is 25.1 Å². The van der Waals surface area contributed by atoms with Gasteiger partial charge in [-0.05, 0) is 47.5 Å². The summed E-state index contributed by atoms with van der Waals surface area (Å²) in [4.78, 5) is 0. The molecule has 1 aromatic heterocycles. The molecule has 0 atom stereocenters. The summed E-state index contributed by atoms with van der Waals surface area (Å²) in [7, 11) is 0. The van der Waals surface area contributed by atoms with E-state index in [0.29, 0.717) is 5.95 Å². The minimum absolute atomic E-state index is 0.299. The molecule has 0 fully saturated rings. The Labute approximate surface area is 81.5 Å². The zero-order chi connectivity index (χ0) is 10.1. The molecule has 2 rings (SSSR count). The van der Waals surface area contributed by atoms with Crippen LogP contribution in [0.25, 0.3) is 5.69 Å². The van der Waals surface area contributed by atoms with Crippen LogP contribution in [-0.2, 0) is 0 Å². The topological polar surface area (TPSA) is 69.6 Å². The molecule has 0 bridgehead atoms. The summed E-state index contributed by atoms with van der Waals surface area (Å²) in [5.41, 5.74) is 8.90. The third-order valence-electron chi connectivity index (χ3n) is 2.23. The molecule has 0 amide bonds. The van der Waals surface area contributed by atoms with Crippen LogP contribution in [0.5, 0.6) is 0 Å². The summed E-state index contributed by atoms with van der Waals surface area (Å²) in [6.07, 6.45) is 0. The molecule has 0 aliphatic carbocycles. The van der Waals surface area contributed by atoms with Gasteiger partial charge in [-0.2, -0.15) is 4.68 Å². The minimum Gasteiger partial charge on any atom is -0.366 e. The van der Waals surface area contributed by atoms with E-state index in [-0.39, 0.29) is 0 Å². The summed E-state index contributed by atoms with van der Waals surface area (Å²) in [5.74, 6) is 0.299. The summed E-state index contributed by atoms with van der Waals surface area (Å²) < 4.78 is 1.51. The first-order chi connectivity index (χ1) is 6.68. The Kier molecular flexibility index (Phi) is 1.92. The van der Waals surface area contributed by atoms with Crippen molar-refractivity contribution in [2.45, 2.75) is 13.8 Å². The maximum atomic E-state index is 5.59. The Hall–Kier alpha value is -1.91. The van der Waals surface area contributed by atoms with E-state index in [2.05, 4.69) is 22.4 Å². The van der Waals surface area contributed by atoms with Crippen molar-refractivity contribution in [1.29, 1.82) is 0 Å². The summed E-state index contributed by atoms with van der Waals surface area (Å²) in [6, 6.07) is 5.96. The van der Waals surface area contributed by atoms with Crippen molar-refractivity contribution >= 4 is 5.95 Å². The van der Waals surface area contributed by atoms with Crippen LogP contribution < -0.4 is 5.73 Å². The molecule has 5 nitrogen and oxygen atoms in total. The Bertz CT molecular complexity index is 460. The van der Waals surface area contributed by atoms with Crippen LogP contribution in [0.15, 0.2) is 18.2 Å². The molecule has 0 aliphatic heterocycles. The van der Waals surface area contributed by atoms with E-state index in [1.54, 1.807) is 0 Å². The number of hydrogen-bond acceptors (Lipinski definition) is 4. The highest BCUT2D eigenvalue weighted by atomic mass is 15.6. The highest BCUT2D eigenvalue weighted by molar-refractivity contribution is 5.41. The van der Waals surface area contributed by atoms with Crippen LogP contribution in [0.2, 0.25) is 0 Å². The molecule has 0 saturated carbocycles. The van der Waals surface area contributed by atoms with E-state index in [0.717, 1.165) is 5.69 Å². The maximum Gasteiger partial charge on any atom is 0.245 e. The van der Waals surface area contributed by atoms with E-state index in [1.165, 1.54) is 15.8 Å². The zero-order valence-electron chi connectivity index (χ0n) is 8.10. The number of benzene rings is 1. The second-order valence-electron chi connectivity index (χ2n) is 3.22. The minimum atomic E-state index is 0.299. The molecule has 2 aromatic rings. The number of anilines is 1. The smallest absolute Gasteiger partial charge is 0.245 e. The van der Waals surface area contributed by atoms with Gasteiger partial charge in [-0.15, -0.1) is 0 Å². The summed E-state index contributed by atoms with van der Waals surface area (Å²) in [5, 5.41) is 10.9. The Morgan fingerprint density at radius 2 is 2.00 bits per heavy atom. The normalized spacial score (nSPS) is 10.4. The number of rotatable bonds is 1. The third-order valence-corrected chi connectivity index (χ3v) is 2.23. The van der Waals surface area contributed by atoms with Crippen LogP contribution in [0.3, 0.4) is 0 Å². The first-order valence-electron chi connectivity index (χ1n) is 4.30. The number of aromatic nitrogens is 4. The molecule has 0 aliphatic rings. The average Bonchev–Trinajstić information content (AvgIpc) is 2.57. The van der Waals surface area contributed by atoms with E-state index < -0.39 is 0 Å². The highest BCUT2D eigenvalue weighted by Gasteiger charge is 2.04. The van der Waals surface area contributed by atoms with Crippen molar-refractivity contribution in [3.8, 4) is 5.69 Å². The monoisotopic (exact) mass is 189 g/mol. The van der Waals surface area contributed by atoms with Crippen LogP contribution >= 0.6 is 0 Å². The van der Waals surface area contributed by atoms with Gasteiger partial charge in [0, 0.05) is 0 Å². The second-order valence-corrected chi connectivity index (χ2v) is 3.22. The van der Waals surface area contributed by atoms with Gasteiger partial charge in [0.05, 0.1) is 5.69 Å². The fourth-order valence-corrected chi connectivity index (χ4v) is 1.24. The molecule has 0 spiro atoms. The second kappa shape index (κ2) is 3.10. The molecule has 2 N–H and O–H groups in total. The SMILES string of the molecule is Cc1ccc(-n2nnnc2N)cc1C. The molecule has 1 aromatic carbocycles. The summed E-state index contributed by atoms with van der Waals surface area (Å²) in [6.45, 7) is 4.10. The fourth-order valence-electron chi connectivity index (χ4n) is 1.24. The van der Waals surface area contributed by atoms with Gasteiger partial charge in [-0.3, -0.25) is 0 Å². The molecular weight excluding hydrogens is 178 g/mol. The van der Waals surface area contributed by atoms with Gasteiger partial charge in [0.15, 0.2) is 0 Å². The van der Waals surface area contributed by atoms with Crippen molar-refractivity contribution < 1.29 is 0 Å². The Morgan fingerprint density at radius 1 is 1.21 bits per heavy atom. The lowest BCUT2D eigenvalue weighted by Gasteiger charge is -2.04. The van der Waals surface area contributed by atoms with E-state index in [9.17, 15) is 0 Å². The number of aryl methyl sites for hydroxylation is 2. The van der Waals surface area contributed by atoms with E-state index >= 15 is 0 Å². The van der Waals surface area contributed by atoms with Crippen LogP contribution in [0.4, 0.5) is 5.95 Å². The van der Waals surface area contributed by atoms with Crippen LogP contribution in [-0.4, -0.2) is 20.2 Å². The summed E-state index contributed by atoms with van der Waals surface area (Å²) >= 11 is 0. The van der Waals surface area contributed by atoms with Crippen LogP contribution in [0.1, 0.15) is 11.1 Å². The first-order valence-corrected chi connectivity index (χ1v) is 4.30. The van der Waals surface area contributed by atoms with Crippen molar-refractivity contribution in [2.75, 3.05) is 5.73 Å². The van der Waals surface area contributed by atoms with Crippen molar-refractivity contribution in [3.63, 3.8) is 0 Å². The van der Waals surface area contributed by atoms with Crippen LogP contribution in [0, 0.1) is 13.8 Å². The lowest BCUT2D eigenvalue weighted by atomic mass is 10.1. The number of tetrazole rings is 1. The van der Waals surface area contributed by atoms with Gasteiger partial charge >= 0.3 is 0 Å². The molecule has 0 unspecified atom stereocenters. The van der Waals surface area contributed by atoms with Crippen molar-refractivity contribution in [1.82, 2.24) is 20.2 Å². The predicted molar refractivity (Wildman–Crippen MR) is 53.0 cm³/mol. The Morgan fingerprint density at radius 3 is 2.57 bits per heavy atom. The van der Waals surface area contributed by atoms with Gasteiger partial charge in [-0.1, -0.05) is 11.2 Å². The number of nitrogens with zero attached hydrogens (tertiary/aromatic N) is 4. The van der Waals surface area contributed by atoms with Crippen molar-refractivity contribution in [3.05, 3.63) is 29.3 Å². The van der Waals surface area contributed by atoms with Gasteiger partial charge < -0.3 is 5.73 Å². The zero-order valence-corrected chi connectivity index (χ0v) is 8.10. The molecule has 0 radical (unpaired) electrons. The van der Waals surface area contributed by atoms with E-state index in [4.69, 9.17) is 5.73 Å². The van der Waals surface area contributed by atoms with Crippen molar-refractivity contribution in [2.24, 2.45) is 0 Å². The van der Waals surface area contributed by atoms with Gasteiger partial charge in [0.2, 0.25) is 5.95 Å². The highest BCUT2D eigenvalue weighted by Crippen LogP contribution is 2.14. The van der Waals surface area contributed by atoms with Gasteiger partial charge in [0.25, 0.3) is 0 Å². The molecular formula is C9H11N5. The molecule has 72 valence electrons. The quantitative estimate of drug-likeness (QED) is 0.722. The lowest BCUT2D eigenvalue weighted by Crippen LogP contribution is -2.02. The molecule has 5 heteroatoms. The van der Waals surface area contributed by atoms with Gasteiger partial charge in [0.1, 0.15) is 0 Å². The molecule has 1 heterocycles. The first kappa shape index (κ1) is 8.68. The lowest BCUT2D eigenvalue weighted by molar-refractivity contribution is 0.791. The largest absolute Gasteiger partial charge is 0.366 e. The molecule has 0 saturated heterocycles. The number of nitrogens with two attached hydrogens (primary N) is 1. The molecule has 14 heavy (non-hydrogen) atoms. The predicted octanol–water partition coefficient (Wildman–Crippen LogP) is 0.861.